The average molecular weight is 148 g/mol. The number of rotatable bonds is 0. The van der Waals surface area contributed by atoms with Gasteiger partial charge >= 0.3 is 5.97 Å². The summed E-state index contributed by atoms with van der Waals surface area (Å²) in [6.45, 7) is 1.91. The average Bonchev–Trinajstić information content (AvgIpc) is 1.87. The minimum absolute atomic E-state index is 0. The Morgan fingerprint density at radius 3 is 2.00 bits per heavy atom. The first kappa shape index (κ1) is 16.2. The SMILES string of the molecule is C.C.C.CC1CCC(=O)O1. The molecule has 1 saturated heterocycles. The summed E-state index contributed by atoms with van der Waals surface area (Å²) < 4.78 is 4.72. The Bertz CT molecular complexity index is 89.3. The van der Waals surface area contributed by atoms with Gasteiger partial charge in [-0.25, -0.2) is 0 Å². The number of cyclic esters (lactones) is 1. The van der Waals surface area contributed by atoms with Gasteiger partial charge in [-0.15, -0.1) is 0 Å². The fourth-order valence-corrected chi connectivity index (χ4v) is 0.663. The number of hydrogen-bond donors (Lipinski definition) is 0. The topological polar surface area (TPSA) is 26.3 Å². The van der Waals surface area contributed by atoms with E-state index in [1.807, 2.05) is 6.92 Å². The summed E-state index contributed by atoms with van der Waals surface area (Å²) in [6, 6.07) is 0. The Morgan fingerprint density at radius 2 is 1.90 bits per heavy atom. The Hall–Kier alpha value is -0.530. The maximum atomic E-state index is 10.2. The van der Waals surface area contributed by atoms with Gasteiger partial charge < -0.3 is 4.74 Å². The molecule has 2 nitrogen and oxygen atoms in total. The molecular formula is C8H20O2. The quantitative estimate of drug-likeness (QED) is 0.493. The summed E-state index contributed by atoms with van der Waals surface area (Å²) in [5, 5.41) is 0. The Labute approximate surface area is 64.6 Å². The third kappa shape index (κ3) is 4.36. The lowest BCUT2D eigenvalue weighted by Gasteiger charge is -1.95. The Kier molecular flexibility index (Phi) is 10.7. The third-order valence-electron chi connectivity index (χ3n) is 1.09. The van der Waals surface area contributed by atoms with Crippen LogP contribution in [0.3, 0.4) is 0 Å². The van der Waals surface area contributed by atoms with Crippen molar-refractivity contribution in [2.24, 2.45) is 0 Å². The lowest BCUT2D eigenvalue weighted by atomic mass is 10.3. The fourth-order valence-electron chi connectivity index (χ4n) is 0.663. The zero-order chi connectivity index (χ0) is 5.28. The molecule has 0 radical (unpaired) electrons. The number of hydrogen-bond acceptors (Lipinski definition) is 2. The first-order chi connectivity index (χ1) is 3.29. The molecule has 0 N–H and O–H groups in total. The zero-order valence-corrected chi connectivity index (χ0v) is 4.31. The molecule has 1 aliphatic rings. The second kappa shape index (κ2) is 6.59. The molecule has 1 fully saturated rings. The molecule has 1 unspecified atom stereocenters. The second-order valence-electron chi connectivity index (χ2n) is 1.84. The summed E-state index contributed by atoms with van der Waals surface area (Å²) in [7, 11) is 0. The molecule has 1 atom stereocenters. The van der Waals surface area contributed by atoms with Crippen molar-refractivity contribution in [3.63, 3.8) is 0 Å². The molecule has 0 amide bonds. The normalized spacial score (nSPS) is 21.3. The number of esters is 1. The summed E-state index contributed by atoms with van der Waals surface area (Å²) in [4.78, 5) is 10.2. The van der Waals surface area contributed by atoms with E-state index in [9.17, 15) is 4.79 Å². The van der Waals surface area contributed by atoms with Gasteiger partial charge in [-0.1, -0.05) is 22.3 Å². The molecule has 1 heterocycles. The van der Waals surface area contributed by atoms with Crippen molar-refractivity contribution in [2.45, 2.75) is 48.1 Å². The standard InChI is InChI=1S/C5H8O2.3CH4/c1-4-2-3-5(6)7-4;;;/h4H,2-3H2,1H3;3*1H4. The van der Waals surface area contributed by atoms with Crippen molar-refractivity contribution in [3.05, 3.63) is 0 Å². The number of carbonyl (C=O) groups is 1. The molecule has 0 aliphatic carbocycles. The molecule has 1 aliphatic heterocycles. The van der Waals surface area contributed by atoms with Crippen LogP contribution in [-0.4, -0.2) is 12.1 Å². The monoisotopic (exact) mass is 148 g/mol. The van der Waals surface area contributed by atoms with Crippen LogP contribution < -0.4 is 0 Å². The van der Waals surface area contributed by atoms with Gasteiger partial charge in [0.25, 0.3) is 0 Å². The highest BCUT2D eigenvalue weighted by Gasteiger charge is 2.17. The van der Waals surface area contributed by atoms with Gasteiger partial charge in [-0.05, 0) is 13.3 Å². The van der Waals surface area contributed by atoms with Crippen LogP contribution in [0.2, 0.25) is 0 Å². The molecular weight excluding hydrogens is 128 g/mol. The van der Waals surface area contributed by atoms with Crippen LogP contribution >= 0.6 is 0 Å². The summed E-state index contributed by atoms with van der Waals surface area (Å²) in [6.07, 6.45) is 1.69. The predicted molar refractivity (Wildman–Crippen MR) is 45.0 cm³/mol. The van der Waals surface area contributed by atoms with E-state index < -0.39 is 0 Å². The highest BCUT2D eigenvalue weighted by molar-refractivity contribution is 5.71. The Morgan fingerprint density at radius 1 is 1.40 bits per heavy atom. The van der Waals surface area contributed by atoms with Crippen LogP contribution in [0.5, 0.6) is 0 Å². The Balaban J connectivity index is -0.000000163. The molecule has 0 saturated carbocycles. The van der Waals surface area contributed by atoms with E-state index in [1.165, 1.54) is 0 Å². The summed E-state index contributed by atoms with van der Waals surface area (Å²) in [5.74, 6) is -0.0486. The molecule has 64 valence electrons. The third-order valence-corrected chi connectivity index (χ3v) is 1.09. The lowest BCUT2D eigenvalue weighted by molar-refractivity contribution is -0.140. The molecule has 0 aromatic carbocycles. The minimum atomic E-state index is -0.0486. The maximum Gasteiger partial charge on any atom is 0.306 e. The van der Waals surface area contributed by atoms with E-state index >= 15 is 0 Å². The fraction of sp³-hybridized carbons (Fsp3) is 0.875. The largest absolute Gasteiger partial charge is 0.463 e. The minimum Gasteiger partial charge on any atom is -0.463 e. The van der Waals surface area contributed by atoms with Crippen LogP contribution in [0.25, 0.3) is 0 Å². The van der Waals surface area contributed by atoms with Crippen molar-refractivity contribution in [2.75, 3.05) is 0 Å². The molecule has 2 heteroatoms. The highest BCUT2D eigenvalue weighted by atomic mass is 16.5. The van der Waals surface area contributed by atoms with Gasteiger partial charge in [0.15, 0.2) is 0 Å². The van der Waals surface area contributed by atoms with E-state index in [4.69, 9.17) is 4.74 Å². The van der Waals surface area contributed by atoms with Crippen LogP contribution in [0.15, 0.2) is 0 Å². The van der Waals surface area contributed by atoms with E-state index in [0.29, 0.717) is 6.42 Å². The first-order valence-electron chi connectivity index (χ1n) is 2.48. The van der Waals surface area contributed by atoms with Crippen molar-refractivity contribution >= 4 is 5.97 Å². The molecule has 0 aromatic heterocycles. The highest BCUT2D eigenvalue weighted by Crippen LogP contribution is 2.11. The predicted octanol–water partition coefficient (Wildman–Crippen LogP) is 2.62. The van der Waals surface area contributed by atoms with Crippen LogP contribution in [0.1, 0.15) is 42.0 Å². The van der Waals surface area contributed by atoms with Crippen molar-refractivity contribution in [1.82, 2.24) is 0 Å². The molecule has 0 aromatic rings. The van der Waals surface area contributed by atoms with Gasteiger partial charge in [-0.3, -0.25) is 4.79 Å². The van der Waals surface area contributed by atoms with Crippen molar-refractivity contribution < 1.29 is 9.53 Å². The lowest BCUT2D eigenvalue weighted by Crippen LogP contribution is -1.98. The van der Waals surface area contributed by atoms with E-state index in [0.717, 1.165) is 6.42 Å². The van der Waals surface area contributed by atoms with E-state index in [1.54, 1.807) is 0 Å². The number of ether oxygens (including phenoxy) is 1. The zero-order valence-electron chi connectivity index (χ0n) is 4.31. The number of carbonyl (C=O) groups excluding carboxylic acids is 1. The van der Waals surface area contributed by atoms with Crippen LogP contribution in [0.4, 0.5) is 0 Å². The molecule has 0 spiro atoms. The smallest absolute Gasteiger partial charge is 0.306 e. The first-order valence-corrected chi connectivity index (χ1v) is 2.48. The molecule has 10 heavy (non-hydrogen) atoms. The van der Waals surface area contributed by atoms with Gasteiger partial charge in [-0.2, -0.15) is 0 Å². The second-order valence-corrected chi connectivity index (χ2v) is 1.84. The van der Waals surface area contributed by atoms with Crippen LogP contribution in [0, 0.1) is 0 Å². The van der Waals surface area contributed by atoms with Gasteiger partial charge in [0.2, 0.25) is 0 Å². The van der Waals surface area contributed by atoms with E-state index in [-0.39, 0.29) is 34.4 Å². The van der Waals surface area contributed by atoms with Crippen LogP contribution in [-0.2, 0) is 9.53 Å². The van der Waals surface area contributed by atoms with Crippen molar-refractivity contribution in [1.29, 1.82) is 0 Å². The summed E-state index contributed by atoms with van der Waals surface area (Å²) in [5.41, 5.74) is 0. The summed E-state index contributed by atoms with van der Waals surface area (Å²) >= 11 is 0. The maximum absolute atomic E-state index is 10.2. The van der Waals surface area contributed by atoms with Gasteiger partial charge in [0.05, 0.1) is 6.10 Å². The molecule has 1 rings (SSSR count). The van der Waals surface area contributed by atoms with Crippen molar-refractivity contribution in [3.8, 4) is 0 Å². The molecule has 0 bridgehead atoms. The van der Waals surface area contributed by atoms with Gasteiger partial charge in [0.1, 0.15) is 0 Å². The van der Waals surface area contributed by atoms with Gasteiger partial charge in [0, 0.05) is 6.42 Å². The van der Waals surface area contributed by atoms with E-state index in [2.05, 4.69) is 0 Å².